The minimum atomic E-state index is -3.80. The predicted molar refractivity (Wildman–Crippen MR) is 83.2 cm³/mol. The molecule has 1 N–H and O–H groups in total. The molecule has 2 aliphatic heterocycles. The smallest absolute Gasteiger partial charge is 0.294 e. The number of aliphatic imine (C=N–C) groups is 1. The Hall–Kier alpha value is -2.07. The Morgan fingerprint density at radius 2 is 1.91 bits per heavy atom. The summed E-state index contributed by atoms with van der Waals surface area (Å²) in [4.78, 5) is 28.5. The van der Waals surface area contributed by atoms with Crippen molar-refractivity contribution >= 4 is 50.3 Å². The van der Waals surface area contributed by atoms with Crippen LogP contribution in [0.15, 0.2) is 29.3 Å². The Morgan fingerprint density at radius 1 is 1.23 bits per heavy atom. The Kier molecular flexibility index (Phi) is 3.57. The lowest BCUT2D eigenvalue weighted by Gasteiger charge is -2.14. The van der Waals surface area contributed by atoms with Gasteiger partial charge in [0.25, 0.3) is 5.91 Å². The van der Waals surface area contributed by atoms with Crippen LogP contribution >= 0.6 is 11.8 Å². The first kappa shape index (κ1) is 14.9. The van der Waals surface area contributed by atoms with E-state index in [9.17, 15) is 18.0 Å². The first-order valence-electron chi connectivity index (χ1n) is 6.28. The zero-order valence-electron chi connectivity index (χ0n) is 11.5. The highest BCUT2D eigenvalue weighted by Crippen LogP contribution is 2.26. The van der Waals surface area contributed by atoms with Gasteiger partial charge in [0.05, 0.1) is 17.1 Å². The SMILES string of the molecule is CN1C(=O)CSC1=Nc1ccc(N2CC(=O)NS2(=O)=O)cc1. The van der Waals surface area contributed by atoms with E-state index < -0.39 is 16.1 Å². The summed E-state index contributed by atoms with van der Waals surface area (Å²) in [6.07, 6.45) is 0. The summed E-state index contributed by atoms with van der Waals surface area (Å²) in [5.41, 5.74) is 0.981. The number of carbonyl (C=O) groups excluding carboxylic acids is 2. The molecular weight excluding hydrogens is 328 g/mol. The topological polar surface area (TPSA) is 99.2 Å². The van der Waals surface area contributed by atoms with Crippen molar-refractivity contribution in [3.05, 3.63) is 24.3 Å². The zero-order valence-corrected chi connectivity index (χ0v) is 13.1. The van der Waals surface area contributed by atoms with Gasteiger partial charge >= 0.3 is 10.2 Å². The highest BCUT2D eigenvalue weighted by Gasteiger charge is 2.33. The number of anilines is 1. The van der Waals surface area contributed by atoms with Gasteiger partial charge in [0.1, 0.15) is 6.54 Å². The normalized spacial score (nSPS) is 22.5. The van der Waals surface area contributed by atoms with Crippen LogP contribution in [0.5, 0.6) is 0 Å². The molecule has 0 spiro atoms. The number of hydrogen-bond donors (Lipinski definition) is 1. The number of carbonyl (C=O) groups is 2. The van der Waals surface area contributed by atoms with E-state index in [0.717, 1.165) is 4.31 Å². The molecule has 0 aromatic heterocycles. The number of amides is 2. The summed E-state index contributed by atoms with van der Waals surface area (Å²) in [5.74, 6) is -0.201. The van der Waals surface area contributed by atoms with Gasteiger partial charge in [0.15, 0.2) is 5.17 Å². The molecule has 8 nitrogen and oxygen atoms in total. The number of hydrogen-bond acceptors (Lipinski definition) is 6. The quantitative estimate of drug-likeness (QED) is 0.821. The van der Waals surface area contributed by atoms with E-state index in [-0.39, 0.29) is 12.5 Å². The molecule has 10 heteroatoms. The van der Waals surface area contributed by atoms with Gasteiger partial charge in [0.2, 0.25) is 5.91 Å². The van der Waals surface area contributed by atoms with E-state index in [1.54, 1.807) is 31.3 Å². The number of amidine groups is 1. The van der Waals surface area contributed by atoms with Gasteiger partial charge < -0.3 is 0 Å². The molecule has 0 radical (unpaired) electrons. The van der Waals surface area contributed by atoms with E-state index in [1.165, 1.54) is 16.7 Å². The molecule has 116 valence electrons. The number of nitrogens with zero attached hydrogens (tertiary/aromatic N) is 3. The van der Waals surface area contributed by atoms with Crippen LogP contribution in [0.25, 0.3) is 0 Å². The van der Waals surface area contributed by atoms with Crippen molar-refractivity contribution in [3.63, 3.8) is 0 Å². The molecule has 2 amide bonds. The Balaban J connectivity index is 1.84. The lowest BCUT2D eigenvalue weighted by atomic mass is 10.3. The van der Waals surface area contributed by atoms with Crippen LogP contribution in [0.3, 0.4) is 0 Å². The average Bonchev–Trinajstić information content (AvgIpc) is 2.92. The van der Waals surface area contributed by atoms with Crippen molar-refractivity contribution in [2.75, 3.05) is 23.7 Å². The number of thioether (sulfide) groups is 1. The first-order valence-corrected chi connectivity index (χ1v) is 8.71. The van der Waals surface area contributed by atoms with E-state index in [2.05, 4.69) is 4.99 Å². The maximum Gasteiger partial charge on any atom is 0.326 e. The highest BCUT2D eigenvalue weighted by atomic mass is 32.2. The lowest BCUT2D eigenvalue weighted by molar-refractivity contribution is -0.123. The van der Waals surface area contributed by atoms with Gasteiger partial charge in [-0.2, -0.15) is 8.42 Å². The fourth-order valence-electron chi connectivity index (χ4n) is 2.01. The molecule has 2 heterocycles. The largest absolute Gasteiger partial charge is 0.326 e. The number of benzene rings is 1. The van der Waals surface area contributed by atoms with Gasteiger partial charge in [-0.3, -0.25) is 14.5 Å². The van der Waals surface area contributed by atoms with Crippen molar-refractivity contribution in [1.29, 1.82) is 0 Å². The second-order valence-electron chi connectivity index (χ2n) is 4.69. The molecule has 2 aliphatic rings. The third-order valence-corrected chi connectivity index (χ3v) is 5.59. The van der Waals surface area contributed by atoms with Crippen LogP contribution in [0.4, 0.5) is 11.4 Å². The van der Waals surface area contributed by atoms with E-state index in [0.29, 0.717) is 22.3 Å². The molecule has 0 atom stereocenters. The molecule has 22 heavy (non-hydrogen) atoms. The van der Waals surface area contributed by atoms with Crippen molar-refractivity contribution in [2.45, 2.75) is 0 Å². The summed E-state index contributed by atoms with van der Waals surface area (Å²) < 4.78 is 26.4. The summed E-state index contributed by atoms with van der Waals surface area (Å²) >= 11 is 1.35. The van der Waals surface area contributed by atoms with Crippen molar-refractivity contribution < 1.29 is 18.0 Å². The zero-order chi connectivity index (χ0) is 15.9. The average molecular weight is 340 g/mol. The first-order chi connectivity index (χ1) is 10.4. The second kappa shape index (κ2) is 5.29. The van der Waals surface area contributed by atoms with Crippen molar-refractivity contribution in [2.24, 2.45) is 4.99 Å². The molecule has 0 aliphatic carbocycles. The van der Waals surface area contributed by atoms with Gasteiger partial charge in [-0.25, -0.2) is 14.0 Å². The minimum Gasteiger partial charge on any atom is -0.294 e. The molecule has 0 unspecified atom stereocenters. The monoisotopic (exact) mass is 340 g/mol. The Bertz CT molecular complexity index is 773. The second-order valence-corrected chi connectivity index (χ2v) is 7.23. The van der Waals surface area contributed by atoms with Crippen molar-refractivity contribution in [3.8, 4) is 0 Å². The van der Waals surface area contributed by atoms with E-state index in [4.69, 9.17) is 0 Å². The van der Waals surface area contributed by atoms with Crippen LogP contribution in [0.2, 0.25) is 0 Å². The van der Waals surface area contributed by atoms with Crippen molar-refractivity contribution in [1.82, 2.24) is 9.62 Å². The molecule has 0 bridgehead atoms. The lowest BCUT2D eigenvalue weighted by Crippen LogP contribution is -2.29. The molecular formula is C12H12N4O4S2. The van der Waals surface area contributed by atoms with Gasteiger partial charge in [-0.15, -0.1) is 0 Å². The summed E-state index contributed by atoms with van der Waals surface area (Å²) in [6, 6.07) is 6.41. The van der Waals surface area contributed by atoms with Crippen LogP contribution in [0.1, 0.15) is 0 Å². The summed E-state index contributed by atoms with van der Waals surface area (Å²) in [6.45, 7) is -0.233. The molecule has 2 fully saturated rings. The summed E-state index contributed by atoms with van der Waals surface area (Å²) in [7, 11) is -2.14. The number of nitrogens with one attached hydrogen (secondary N) is 1. The third-order valence-electron chi connectivity index (χ3n) is 3.17. The van der Waals surface area contributed by atoms with Gasteiger partial charge in [-0.1, -0.05) is 11.8 Å². The minimum absolute atomic E-state index is 0.00637. The maximum atomic E-state index is 11.7. The number of rotatable bonds is 2. The van der Waals surface area contributed by atoms with Crippen LogP contribution in [-0.2, 0) is 19.8 Å². The maximum absolute atomic E-state index is 11.7. The molecule has 0 saturated carbocycles. The molecule has 1 aromatic rings. The fraction of sp³-hybridized carbons (Fsp3) is 0.250. The molecule has 1 aromatic carbocycles. The predicted octanol–water partition coefficient (Wildman–Crippen LogP) is 0.0603. The summed E-state index contributed by atoms with van der Waals surface area (Å²) in [5, 5.41) is 0.600. The molecule has 2 saturated heterocycles. The fourth-order valence-corrected chi connectivity index (χ4v) is 4.08. The Labute approximate surface area is 131 Å². The highest BCUT2D eigenvalue weighted by molar-refractivity contribution is 8.15. The van der Waals surface area contributed by atoms with Crippen LogP contribution in [0, 0.1) is 0 Å². The Morgan fingerprint density at radius 3 is 2.41 bits per heavy atom. The van der Waals surface area contributed by atoms with E-state index >= 15 is 0 Å². The van der Waals surface area contributed by atoms with Gasteiger partial charge in [-0.05, 0) is 24.3 Å². The molecule has 3 rings (SSSR count). The van der Waals surface area contributed by atoms with Gasteiger partial charge in [0, 0.05) is 7.05 Å². The van der Waals surface area contributed by atoms with Crippen LogP contribution < -0.4 is 9.03 Å². The standard InChI is InChI=1S/C12H12N4O4S2/c1-15-11(18)7-21-12(15)13-8-2-4-9(5-3-8)16-6-10(17)14-22(16,19)20/h2-5H,6-7H2,1H3,(H,14,17). The van der Waals surface area contributed by atoms with Crippen LogP contribution in [-0.4, -0.2) is 49.6 Å². The van der Waals surface area contributed by atoms with E-state index in [1.807, 2.05) is 4.72 Å². The third kappa shape index (κ3) is 2.66.